The molecule has 0 atom stereocenters. The van der Waals surface area contributed by atoms with E-state index in [1.807, 2.05) is 41.9 Å². The van der Waals surface area contributed by atoms with Crippen LogP contribution in [0.5, 0.6) is 0 Å². The summed E-state index contributed by atoms with van der Waals surface area (Å²) in [6.07, 6.45) is 1.86. The van der Waals surface area contributed by atoms with Crippen molar-refractivity contribution in [3.05, 3.63) is 58.6 Å². The van der Waals surface area contributed by atoms with E-state index in [1.165, 1.54) is 6.07 Å². The minimum atomic E-state index is -0.220. The molecule has 0 radical (unpaired) electrons. The average molecular weight is 451 g/mol. The monoisotopic (exact) mass is 450 g/mol. The standard InChI is InChI=1S/C16H20ClFN4.HI/c1-19-16(20-9-12-6-4-5-7-15(12)18)22(3)11-14-8-13(17)10-21(14)2;/h4-8,10H,9,11H2,1-3H3,(H,19,20);1H. The molecule has 0 saturated heterocycles. The molecular formula is C16H21ClFIN4. The highest BCUT2D eigenvalue weighted by Gasteiger charge is 2.10. The first-order valence-electron chi connectivity index (χ1n) is 6.97. The van der Waals surface area contributed by atoms with Crippen LogP contribution in [-0.2, 0) is 20.1 Å². The molecule has 126 valence electrons. The maximum Gasteiger partial charge on any atom is 0.194 e. The summed E-state index contributed by atoms with van der Waals surface area (Å²) in [5.74, 6) is 0.475. The summed E-state index contributed by atoms with van der Waals surface area (Å²) in [4.78, 5) is 6.20. The Kier molecular flexibility index (Phi) is 7.84. The fourth-order valence-corrected chi connectivity index (χ4v) is 2.51. The molecule has 0 aliphatic carbocycles. The Hall–Kier alpha value is -1.28. The summed E-state index contributed by atoms with van der Waals surface area (Å²) in [7, 11) is 5.58. The van der Waals surface area contributed by atoms with Crippen LogP contribution in [0.4, 0.5) is 4.39 Å². The van der Waals surface area contributed by atoms with E-state index in [4.69, 9.17) is 11.6 Å². The molecule has 1 heterocycles. The normalized spacial score (nSPS) is 11.1. The van der Waals surface area contributed by atoms with Gasteiger partial charge in [-0.15, -0.1) is 24.0 Å². The van der Waals surface area contributed by atoms with E-state index in [1.54, 1.807) is 19.2 Å². The van der Waals surface area contributed by atoms with Gasteiger partial charge in [0.1, 0.15) is 5.82 Å². The number of nitrogens with one attached hydrogen (secondary N) is 1. The Labute approximate surface area is 158 Å². The summed E-state index contributed by atoms with van der Waals surface area (Å²) in [5.41, 5.74) is 1.68. The van der Waals surface area contributed by atoms with Crippen molar-refractivity contribution in [2.45, 2.75) is 13.1 Å². The molecule has 0 aliphatic rings. The van der Waals surface area contributed by atoms with Gasteiger partial charge >= 0.3 is 0 Å². The molecule has 2 rings (SSSR count). The number of halogens is 3. The SMILES string of the molecule is CN=C(NCc1ccccc1F)N(C)Cc1cc(Cl)cn1C.I. The van der Waals surface area contributed by atoms with Gasteiger partial charge in [-0.1, -0.05) is 29.8 Å². The number of hydrogen-bond acceptors (Lipinski definition) is 1. The molecule has 0 unspecified atom stereocenters. The predicted octanol–water partition coefficient (Wildman–Crippen LogP) is 3.64. The van der Waals surface area contributed by atoms with Crippen molar-refractivity contribution < 1.29 is 4.39 Å². The molecule has 23 heavy (non-hydrogen) atoms. The van der Waals surface area contributed by atoms with Crippen LogP contribution in [0.15, 0.2) is 41.5 Å². The van der Waals surface area contributed by atoms with Crippen LogP contribution in [0.3, 0.4) is 0 Å². The van der Waals surface area contributed by atoms with E-state index >= 15 is 0 Å². The van der Waals surface area contributed by atoms with Gasteiger partial charge in [0.05, 0.1) is 11.6 Å². The Morgan fingerprint density at radius 2 is 2.09 bits per heavy atom. The molecule has 0 amide bonds. The van der Waals surface area contributed by atoms with E-state index in [0.717, 1.165) is 5.69 Å². The predicted molar refractivity (Wildman–Crippen MR) is 104 cm³/mol. The number of aryl methyl sites for hydroxylation is 1. The lowest BCUT2D eigenvalue weighted by Crippen LogP contribution is -2.38. The van der Waals surface area contributed by atoms with Crippen molar-refractivity contribution in [2.24, 2.45) is 12.0 Å². The molecular weight excluding hydrogens is 430 g/mol. The second kappa shape index (κ2) is 9.12. The van der Waals surface area contributed by atoms with Crippen LogP contribution < -0.4 is 5.32 Å². The maximum absolute atomic E-state index is 13.6. The van der Waals surface area contributed by atoms with Gasteiger partial charge in [0.15, 0.2) is 5.96 Å². The number of hydrogen-bond donors (Lipinski definition) is 1. The number of guanidine groups is 1. The Bertz CT molecular complexity index is 672. The average Bonchev–Trinajstić information content (AvgIpc) is 2.79. The molecule has 0 saturated carbocycles. The molecule has 0 fully saturated rings. The van der Waals surface area contributed by atoms with Crippen molar-refractivity contribution in [1.29, 1.82) is 0 Å². The number of rotatable bonds is 4. The molecule has 1 N–H and O–H groups in total. The Morgan fingerprint density at radius 1 is 1.39 bits per heavy atom. The summed E-state index contributed by atoms with van der Waals surface area (Å²) in [5, 5.41) is 3.88. The fraction of sp³-hybridized carbons (Fsp3) is 0.312. The van der Waals surface area contributed by atoms with E-state index < -0.39 is 0 Å². The largest absolute Gasteiger partial charge is 0.352 e. The molecule has 1 aromatic carbocycles. The van der Waals surface area contributed by atoms with Crippen LogP contribution in [0.1, 0.15) is 11.3 Å². The van der Waals surface area contributed by atoms with Crippen LogP contribution in [0, 0.1) is 5.82 Å². The van der Waals surface area contributed by atoms with Crippen molar-refractivity contribution >= 4 is 41.5 Å². The molecule has 7 heteroatoms. The molecule has 1 aromatic heterocycles. The first-order chi connectivity index (χ1) is 10.5. The number of nitrogens with zero attached hydrogens (tertiary/aromatic N) is 3. The highest BCUT2D eigenvalue weighted by molar-refractivity contribution is 14.0. The topological polar surface area (TPSA) is 32.6 Å². The van der Waals surface area contributed by atoms with E-state index in [-0.39, 0.29) is 29.8 Å². The number of aromatic nitrogens is 1. The zero-order valence-electron chi connectivity index (χ0n) is 13.4. The van der Waals surface area contributed by atoms with Crippen molar-refractivity contribution in [1.82, 2.24) is 14.8 Å². The zero-order chi connectivity index (χ0) is 16.1. The Morgan fingerprint density at radius 3 is 2.65 bits per heavy atom. The fourth-order valence-electron chi connectivity index (χ4n) is 2.24. The second-order valence-corrected chi connectivity index (χ2v) is 5.55. The lowest BCUT2D eigenvalue weighted by atomic mass is 10.2. The maximum atomic E-state index is 13.6. The van der Waals surface area contributed by atoms with Crippen LogP contribution in [-0.4, -0.2) is 29.5 Å². The van der Waals surface area contributed by atoms with Crippen molar-refractivity contribution in [2.75, 3.05) is 14.1 Å². The van der Waals surface area contributed by atoms with Gasteiger partial charge < -0.3 is 14.8 Å². The van der Waals surface area contributed by atoms with Gasteiger partial charge in [-0.3, -0.25) is 4.99 Å². The van der Waals surface area contributed by atoms with Gasteiger partial charge in [-0.05, 0) is 12.1 Å². The molecule has 0 spiro atoms. The van der Waals surface area contributed by atoms with Gasteiger partial charge in [0.2, 0.25) is 0 Å². The summed E-state index contributed by atoms with van der Waals surface area (Å²) >= 11 is 5.99. The third kappa shape index (κ3) is 5.39. The molecule has 4 nitrogen and oxygen atoms in total. The van der Waals surface area contributed by atoms with Crippen molar-refractivity contribution in [3.63, 3.8) is 0 Å². The smallest absolute Gasteiger partial charge is 0.194 e. The van der Waals surface area contributed by atoms with Crippen LogP contribution in [0.2, 0.25) is 5.02 Å². The first kappa shape index (κ1) is 19.8. The lowest BCUT2D eigenvalue weighted by molar-refractivity contribution is 0.460. The highest BCUT2D eigenvalue weighted by Crippen LogP contribution is 2.14. The summed E-state index contributed by atoms with van der Waals surface area (Å²) in [6.45, 7) is 1.04. The van der Waals surface area contributed by atoms with Gasteiger partial charge in [0, 0.05) is 45.1 Å². The van der Waals surface area contributed by atoms with E-state index in [0.29, 0.717) is 29.6 Å². The quantitative estimate of drug-likeness (QED) is 0.438. The third-order valence-electron chi connectivity index (χ3n) is 3.44. The van der Waals surface area contributed by atoms with Crippen LogP contribution in [0.25, 0.3) is 0 Å². The van der Waals surface area contributed by atoms with Gasteiger partial charge in [0.25, 0.3) is 0 Å². The molecule has 0 aliphatic heterocycles. The summed E-state index contributed by atoms with van der Waals surface area (Å²) in [6, 6.07) is 8.63. The number of benzene rings is 1. The van der Waals surface area contributed by atoms with Gasteiger partial charge in [-0.2, -0.15) is 0 Å². The molecule has 2 aromatic rings. The first-order valence-corrected chi connectivity index (χ1v) is 7.35. The number of aliphatic imine (C=N–C) groups is 1. The minimum absolute atomic E-state index is 0. The van der Waals surface area contributed by atoms with E-state index in [2.05, 4.69) is 10.3 Å². The minimum Gasteiger partial charge on any atom is -0.352 e. The lowest BCUT2D eigenvalue weighted by Gasteiger charge is -2.22. The Balaban J connectivity index is 0.00000264. The van der Waals surface area contributed by atoms with Crippen LogP contribution >= 0.6 is 35.6 Å². The van der Waals surface area contributed by atoms with Gasteiger partial charge in [-0.25, -0.2) is 4.39 Å². The summed E-state index contributed by atoms with van der Waals surface area (Å²) < 4.78 is 15.6. The second-order valence-electron chi connectivity index (χ2n) is 5.11. The zero-order valence-corrected chi connectivity index (χ0v) is 16.5. The van der Waals surface area contributed by atoms with E-state index in [9.17, 15) is 4.39 Å². The molecule has 0 bridgehead atoms. The third-order valence-corrected chi connectivity index (χ3v) is 3.65. The highest BCUT2D eigenvalue weighted by atomic mass is 127. The van der Waals surface area contributed by atoms with Crippen molar-refractivity contribution in [3.8, 4) is 0 Å².